The minimum Gasteiger partial charge on any atom is -0.481 e. The third-order valence-corrected chi connectivity index (χ3v) is 3.97. The second-order valence-electron chi connectivity index (χ2n) is 4.33. The van der Waals surface area contributed by atoms with Gasteiger partial charge >= 0.3 is 5.97 Å². The molecule has 1 saturated heterocycles. The highest BCUT2D eigenvalue weighted by atomic mass is 79.9. The Kier molecular flexibility index (Phi) is 3.65. The minimum atomic E-state index is -0.841. The van der Waals surface area contributed by atoms with Crippen LogP contribution >= 0.6 is 15.9 Å². The van der Waals surface area contributed by atoms with E-state index in [0.29, 0.717) is 23.0 Å². The van der Waals surface area contributed by atoms with E-state index in [4.69, 9.17) is 5.11 Å². The first kappa shape index (κ1) is 13.0. The van der Waals surface area contributed by atoms with Gasteiger partial charge in [-0.3, -0.25) is 14.6 Å². The van der Waals surface area contributed by atoms with Gasteiger partial charge in [-0.15, -0.1) is 0 Å². The van der Waals surface area contributed by atoms with Crippen LogP contribution in [0.15, 0.2) is 22.9 Å². The largest absolute Gasteiger partial charge is 0.481 e. The predicted molar refractivity (Wildman–Crippen MR) is 68.2 cm³/mol. The Morgan fingerprint density at radius 1 is 1.56 bits per heavy atom. The number of hydrogen-bond donors (Lipinski definition) is 1. The lowest BCUT2D eigenvalue weighted by Gasteiger charge is -2.23. The summed E-state index contributed by atoms with van der Waals surface area (Å²) in [6.45, 7) is 2.25. The van der Waals surface area contributed by atoms with Gasteiger partial charge in [-0.25, -0.2) is 0 Å². The summed E-state index contributed by atoms with van der Waals surface area (Å²) in [6, 6.07) is 1.35. The van der Waals surface area contributed by atoms with Crippen LogP contribution in [-0.2, 0) is 4.79 Å². The van der Waals surface area contributed by atoms with Crippen LogP contribution in [0.3, 0.4) is 0 Å². The number of carbonyl (C=O) groups excluding carboxylic acids is 1. The molecule has 0 aliphatic carbocycles. The molecular formula is C12H13BrN2O3. The van der Waals surface area contributed by atoms with E-state index in [9.17, 15) is 9.59 Å². The summed E-state index contributed by atoms with van der Waals surface area (Å²) >= 11 is 3.28. The SMILES string of the molecule is CC1C(C(=O)O)CCN1C(=O)c1ccncc1Br. The number of carboxylic acids is 1. The number of nitrogens with zero attached hydrogens (tertiary/aromatic N) is 2. The monoisotopic (exact) mass is 312 g/mol. The van der Waals surface area contributed by atoms with Crippen LogP contribution in [-0.4, -0.2) is 39.5 Å². The molecule has 1 N–H and O–H groups in total. The minimum absolute atomic E-state index is 0.152. The topological polar surface area (TPSA) is 70.5 Å². The van der Waals surface area contributed by atoms with Crippen molar-refractivity contribution in [3.05, 3.63) is 28.5 Å². The summed E-state index contributed by atoms with van der Waals surface area (Å²) in [4.78, 5) is 28.9. The van der Waals surface area contributed by atoms with Gasteiger partial charge in [-0.05, 0) is 35.3 Å². The van der Waals surface area contributed by atoms with Crippen molar-refractivity contribution in [2.75, 3.05) is 6.54 Å². The highest BCUT2D eigenvalue weighted by Gasteiger charge is 2.38. The zero-order chi connectivity index (χ0) is 13.3. The molecule has 2 atom stereocenters. The lowest BCUT2D eigenvalue weighted by molar-refractivity contribution is -0.142. The zero-order valence-corrected chi connectivity index (χ0v) is 11.4. The van der Waals surface area contributed by atoms with E-state index >= 15 is 0 Å². The van der Waals surface area contributed by atoms with E-state index in [-0.39, 0.29) is 11.9 Å². The molecule has 1 aliphatic heterocycles. The van der Waals surface area contributed by atoms with Gasteiger partial charge in [0.05, 0.1) is 11.5 Å². The van der Waals surface area contributed by atoms with Gasteiger partial charge in [0.15, 0.2) is 0 Å². The molecule has 0 saturated carbocycles. The Morgan fingerprint density at radius 2 is 2.28 bits per heavy atom. The molecule has 0 radical (unpaired) electrons. The maximum absolute atomic E-state index is 12.3. The van der Waals surface area contributed by atoms with E-state index in [2.05, 4.69) is 20.9 Å². The first-order valence-corrected chi connectivity index (χ1v) is 6.45. The summed E-state index contributed by atoms with van der Waals surface area (Å²) in [7, 11) is 0. The van der Waals surface area contributed by atoms with Crippen molar-refractivity contribution < 1.29 is 14.7 Å². The molecule has 2 heterocycles. The van der Waals surface area contributed by atoms with Gasteiger partial charge in [-0.1, -0.05) is 0 Å². The van der Waals surface area contributed by atoms with Gasteiger partial charge in [-0.2, -0.15) is 0 Å². The van der Waals surface area contributed by atoms with E-state index < -0.39 is 11.9 Å². The second-order valence-corrected chi connectivity index (χ2v) is 5.18. The van der Waals surface area contributed by atoms with Crippen molar-refractivity contribution in [1.29, 1.82) is 0 Å². The Balaban J connectivity index is 2.21. The van der Waals surface area contributed by atoms with Crippen molar-refractivity contribution >= 4 is 27.8 Å². The Morgan fingerprint density at radius 3 is 2.83 bits per heavy atom. The number of likely N-dealkylation sites (tertiary alicyclic amines) is 1. The Bertz CT molecular complexity index is 492. The quantitative estimate of drug-likeness (QED) is 0.903. The molecule has 0 spiro atoms. The van der Waals surface area contributed by atoms with Gasteiger partial charge in [0.2, 0.25) is 0 Å². The van der Waals surface area contributed by atoms with Crippen LogP contribution in [0.25, 0.3) is 0 Å². The summed E-state index contributed by atoms with van der Waals surface area (Å²) in [5.41, 5.74) is 0.517. The maximum Gasteiger partial charge on any atom is 0.308 e. The molecule has 2 rings (SSSR count). The van der Waals surface area contributed by atoms with E-state index in [0.717, 1.165) is 0 Å². The van der Waals surface area contributed by atoms with Crippen LogP contribution in [0, 0.1) is 5.92 Å². The van der Waals surface area contributed by atoms with Crippen molar-refractivity contribution in [2.45, 2.75) is 19.4 Å². The van der Waals surface area contributed by atoms with Crippen molar-refractivity contribution in [3.8, 4) is 0 Å². The molecule has 2 unspecified atom stereocenters. The Hall–Kier alpha value is -1.43. The molecule has 1 amide bonds. The molecule has 96 valence electrons. The molecule has 1 aliphatic rings. The zero-order valence-electron chi connectivity index (χ0n) is 9.84. The van der Waals surface area contributed by atoms with Crippen LogP contribution in [0.5, 0.6) is 0 Å². The number of carboxylic acid groups (broad SMARTS) is 1. The van der Waals surface area contributed by atoms with Gasteiger partial charge in [0.25, 0.3) is 5.91 Å². The molecule has 18 heavy (non-hydrogen) atoms. The van der Waals surface area contributed by atoms with Gasteiger partial charge in [0.1, 0.15) is 0 Å². The lowest BCUT2D eigenvalue weighted by atomic mass is 10.0. The summed E-state index contributed by atoms with van der Waals surface area (Å²) in [6.07, 6.45) is 3.61. The average Bonchev–Trinajstić information content (AvgIpc) is 2.71. The standard InChI is InChI=1S/C12H13BrN2O3/c1-7-8(12(17)18)3-5-15(7)11(16)9-2-4-14-6-10(9)13/h2,4,6-8H,3,5H2,1H3,(H,17,18). The fourth-order valence-electron chi connectivity index (χ4n) is 2.26. The predicted octanol–water partition coefficient (Wildman–Crippen LogP) is 1.78. The fraction of sp³-hybridized carbons (Fsp3) is 0.417. The van der Waals surface area contributed by atoms with Crippen molar-refractivity contribution in [2.24, 2.45) is 5.92 Å². The number of carbonyl (C=O) groups is 2. The molecule has 1 fully saturated rings. The normalized spacial score (nSPS) is 23.1. The molecule has 6 heteroatoms. The fourth-order valence-corrected chi connectivity index (χ4v) is 2.68. The Labute approximate surface area is 113 Å². The molecule has 0 bridgehead atoms. The molecule has 5 nitrogen and oxygen atoms in total. The molecular weight excluding hydrogens is 300 g/mol. The number of rotatable bonds is 2. The van der Waals surface area contributed by atoms with Gasteiger partial charge in [0, 0.05) is 29.5 Å². The smallest absolute Gasteiger partial charge is 0.308 e. The van der Waals surface area contributed by atoms with E-state index in [1.54, 1.807) is 30.3 Å². The summed E-state index contributed by atoms with van der Waals surface area (Å²) in [5.74, 6) is -1.47. The van der Waals surface area contributed by atoms with E-state index in [1.807, 2.05) is 0 Å². The third kappa shape index (κ3) is 2.25. The maximum atomic E-state index is 12.3. The number of pyridine rings is 1. The van der Waals surface area contributed by atoms with Crippen LogP contribution in [0.2, 0.25) is 0 Å². The second kappa shape index (κ2) is 5.06. The first-order chi connectivity index (χ1) is 8.52. The number of aromatic nitrogens is 1. The average molecular weight is 313 g/mol. The highest BCUT2D eigenvalue weighted by molar-refractivity contribution is 9.10. The third-order valence-electron chi connectivity index (χ3n) is 3.34. The highest BCUT2D eigenvalue weighted by Crippen LogP contribution is 2.27. The van der Waals surface area contributed by atoms with Crippen LogP contribution < -0.4 is 0 Å². The first-order valence-electron chi connectivity index (χ1n) is 5.65. The number of aliphatic carboxylic acids is 1. The number of hydrogen-bond acceptors (Lipinski definition) is 3. The molecule has 1 aromatic rings. The summed E-state index contributed by atoms with van der Waals surface area (Å²) in [5, 5.41) is 9.05. The molecule has 1 aromatic heterocycles. The van der Waals surface area contributed by atoms with Crippen molar-refractivity contribution in [1.82, 2.24) is 9.88 Å². The van der Waals surface area contributed by atoms with Gasteiger partial charge < -0.3 is 10.0 Å². The lowest BCUT2D eigenvalue weighted by Crippen LogP contribution is -2.37. The van der Waals surface area contributed by atoms with E-state index in [1.165, 1.54) is 0 Å². The number of amides is 1. The molecule has 0 aromatic carbocycles. The van der Waals surface area contributed by atoms with Crippen LogP contribution in [0.4, 0.5) is 0 Å². The van der Waals surface area contributed by atoms with Crippen molar-refractivity contribution in [3.63, 3.8) is 0 Å². The number of halogens is 1. The summed E-state index contributed by atoms with van der Waals surface area (Å²) < 4.78 is 0.626. The van der Waals surface area contributed by atoms with Crippen LogP contribution in [0.1, 0.15) is 23.7 Å².